The van der Waals surface area contributed by atoms with E-state index in [1.165, 1.54) is 18.2 Å². The highest BCUT2D eigenvalue weighted by Gasteiger charge is 2.45. The van der Waals surface area contributed by atoms with Crippen molar-refractivity contribution in [1.82, 2.24) is 0 Å². The molecule has 0 spiro atoms. The van der Waals surface area contributed by atoms with Gasteiger partial charge < -0.3 is 44.8 Å². The molecule has 4 rings (SSSR count). The number of carbonyl (C=O) groups is 1. The van der Waals surface area contributed by atoms with Crippen LogP contribution in [0.15, 0.2) is 36.4 Å². The predicted octanol–water partition coefficient (Wildman–Crippen LogP) is -0.0170. The van der Waals surface area contributed by atoms with Crippen LogP contribution in [0.1, 0.15) is 28.4 Å². The minimum absolute atomic E-state index is 0.0156. The molecule has 0 bridgehead atoms. The van der Waals surface area contributed by atoms with Crippen molar-refractivity contribution >= 4 is 5.78 Å². The van der Waals surface area contributed by atoms with Crippen molar-refractivity contribution in [2.24, 2.45) is 0 Å². The maximum Gasteiger partial charge on any atom is 0.229 e. The Hall–Kier alpha value is -2.89. The van der Waals surface area contributed by atoms with Gasteiger partial charge >= 0.3 is 0 Å². The summed E-state index contributed by atoms with van der Waals surface area (Å²) < 4.78 is 16.7. The standard InChI is InChI=1S/C21H22O10/c22-8-16-18(26)19(27)20(28)21(31-16)29-11-5-12(24)17-13(25)7-14(30-15(17)6-11)9-1-3-10(23)4-2-9/h1-6,14,16,18-24,26-28H,7-8H2/t14-,16?,18+,19+,20-,21?/m0/s1. The summed E-state index contributed by atoms with van der Waals surface area (Å²) in [4.78, 5) is 12.6. The molecule has 1 fully saturated rings. The summed E-state index contributed by atoms with van der Waals surface area (Å²) in [5.74, 6) is -0.657. The maximum absolute atomic E-state index is 12.6. The molecule has 0 saturated carbocycles. The molecule has 2 aromatic rings. The Labute approximate surface area is 176 Å². The van der Waals surface area contributed by atoms with E-state index < -0.39 is 49.2 Å². The normalized spacial score (nSPS) is 30.4. The summed E-state index contributed by atoms with van der Waals surface area (Å²) >= 11 is 0. The van der Waals surface area contributed by atoms with E-state index in [0.717, 1.165) is 6.07 Å². The van der Waals surface area contributed by atoms with Crippen molar-refractivity contribution in [3.8, 4) is 23.0 Å². The minimum Gasteiger partial charge on any atom is -0.508 e. The van der Waals surface area contributed by atoms with E-state index >= 15 is 0 Å². The van der Waals surface area contributed by atoms with Crippen molar-refractivity contribution in [3.63, 3.8) is 0 Å². The second-order valence-electron chi connectivity index (χ2n) is 7.46. The number of hydrogen-bond donors (Lipinski definition) is 6. The summed E-state index contributed by atoms with van der Waals surface area (Å²) in [5.41, 5.74) is 0.632. The molecule has 10 heteroatoms. The molecule has 2 aliphatic heterocycles. The average Bonchev–Trinajstić information content (AvgIpc) is 2.74. The molecule has 166 valence electrons. The number of ketones is 1. The Balaban J connectivity index is 1.59. The van der Waals surface area contributed by atoms with Crippen molar-refractivity contribution in [2.45, 2.75) is 43.2 Å². The molecule has 6 atom stereocenters. The van der Waals surface area contributed by atoms with Crippen molar-refractivity contribution in [2.75, 3.05) is 6.61 Å². The summed E-state index contributed by atoms with van der Waals surface area (Å²) in [7, 11) is 0. The molecule has 2 aromatic carbocycles. The van der Waals surface area contributed by atoms with Gasteiger partial charge in [-0.3, -0.25) is 4.79 Å². The third kappa shape index (κ3) is 4.03. The predicted molar refractivity (Wildman–Crippen MR) is 103 cm³/mol. The summed E-state index contributed by atoms with van der Waals surface area (Å²) in [6.45, 7) is -0.619. The highest BCUT2D eigenvalue weighted by molar-refractivity contribution is 6.02. The Bertz CT molecular complexity index is 957. The molecule has 0 radical (unpaired) electrons. The largest absolute Gasteiger partial charge is 0.508 e. The van der Waals surface area contributed by atoms with Crippen LogP contribution < -0.4 is 9.47 Å². The van der Waals surface area contributed by atoms with E-state index in [-0.39, 0.29) is 35.0 Å². The molecular weight excluding hydrogens is 412 g/mol. The van der Waals surface area contributed by atoms with Gasteiger partial charge in [0.1, 0.15) is 59.1 Å². The molecule has 0 aromatic heterocycles. The Kier molecular flexibility index (Phi) is 5.73. The molecule has 2 aliphatic rings. The highest BCUT2D eigenvalue weighted by Crippen LogP contribution is 2.42. The molecule has 31 heavy (non-hydrogen) atoms. The fourth-order valence-corrected chi connectivity index (χ4v) is 3.66. The fourth-order valence-electron chi connectivity index (χ4n) is 3.66. The van der Waals surface area contributed by atoms with Gasteiger partial charge in [0.25, 0.3) is 0 Å². The average molecular weight is 434 g/mol. The zero-order valence-electron chi connectivity index (χ0n) is 16.2. The van der Waals surface area contributed by atoms with E-state index in [9.17, 15) is 35.4 Å². The maximum atomic E-state index is 12.6. The van der Waals surface area contributed by atoms with Crippen LogP contribution >= 0.6 is 0 Å². The van der Waals surface area contributed by atoms with Gasteiger partial charge in [-0.05, 0) is 17.7 Å². The van der Waals surface area contributed by atoms with Crippen LogP contribution in [-0.2, 0) is 4.74 Å². The van der Waals surface area contributed by atoms with Gasteiger partial charge in [-0.1, -0.05) is 12.1 Å². The first kappa shape index (κ1) is 21.3. The molecule has 0 aliphatic carbocycles. The second-order valence-corrected chi connectivity index (χ2v) is 7.46. The smallest absolute Gasteiger partial charge is 0.229 e. The lowest BCUT2D eigenvalue weighted by Crippen LogP contribution is -2.60. The van der Waals surface area contributed by atoms with Crippen molar-refractivity contribution < 1.29 is 49.6 Å². The molecule has 1 saturated heterocycles. The number of phenolic OH excluding ortho intramolecular Hbond substituents is 2. The number of carbonyl (C=O) groups excluding carboxylic acids is 1. The lowest BCUT2D eigenvalue weighted by molar-refractivity contribution is -0.277. The molecule has 0 amide bonds. The quantitative estimate of drug-likeness (QED) is 0.385. The first-order chi connectivity index (χ1) is 14.8. The lowest BCUT2D eigenvalue weighted by atomic mass is 9.95. The Morgan fingerprint density at radius 3 is 2.39 bits per heavy atom. The number of phenols is 2. The van der Waals surface area contributed by atoms with Crippen LogP contribution in [0.5, 0.6) is 23.0 Å². The van der Waals surface area contributed by atoms with Crippen LogP contribution in [0.2, 0.25) is 0 Å². The van der Waals surface area contributed by atoms with Gasteiger partial charge in [-0.2, -0.15) is 0 Å². The van der Waals surface area contributed by atoms with Crippen LogP contribution in [0.4, 0.5) is 0 Å². The van der Waals surface area contributed by atoms with E-state index in [0.29, 0.717) is 5.56 Å². The Morgan fingerprint density at radius 2 is 1.71 bits per heavy atom. The number of fused-ring (bicyclic) bond motifs is 1. The van der Waals surface area contributed by atoms with Gasteiger partial charge in [0, 0.05) is 12.1 Å². The number of ether oxygens (including phenoxy) is 3. The number of aromatic hydroxyl groups is 2. The van der Waals surface area contributed by atoms with Crippen molar-refractivity contribution in [3.05, 3.63) is 47.5 Å². The van der Waals surface area contributed by atoms with Gasteiger partial charge in [0.2, 0.25) is 6.29 Å². The third-order valence-electron chi connectivity index (χ3n) is 5.34. The van der Waals surface area contributed by atoms with Gasteiger partial charge in [-0.25, -0.2) is 0 Å². The molecule has 2 heterocycles. The van der Waals surface area contributed by atoms with E-state index in [4.69, 9.17) is 14.2 Å². The van der Waals surface area contributed by atoms with E-state index in [1.807, 2.05) is 0 Å². The van der Waals surface area contributed by atoms with Crippen LogP contribution in [0.25, 0.3) is 0 Å². The molecule has 10 nitrogen and oxygen atoms in total. The van der Waals surface area contributed by atoms with Gasteiger partial charge in [0.05, 0.1) is 13.0 Å². The molecular formula is C21H22O10. The highest BCUT2D eigenvalue weighted by atomic mass is 16.7. The van der Waals surface area contributed by atoms with Crippen LogP contribution in [0, 0.1) is 0 Å². The number of Topliss-reactive ketones (excluding diaryl/α,β-unsaturated/α-hetero) is 1. The Morgan fingerprint density at radius 1 is 1.00 bits per heavy atom. The summed E-state index contributed by atoms with van der Waals surface area (Å²) in [6.07, 6.45) is -8.09. The fraction of sp³-hybridized carbons (Fsp3) is 0.381. The van der Waals surface area contributed by atoms with E-state index in [1.54, 1.807) is 12.1 Å². The monoisotopic (exact) mass is 434 g/mol. The SMILES string of the molecule is O=C1C[C@@H](c2ccc(O)cc2)Oc2cc(OC3OC(CO)[C@@H](O)[C@@H](O)[C@@H]3O)cc(O)c21. The lowest BCUT2D eigenvalue weighted by Gasteiger charge is -2.39. The van der Waals surface area contributed by atoms with Crippen LogP contribution in [0.3, 0.4) is 0 Å². The topological polar surface area (TPSA) is 166 Å². The van der Waals surface area contributed by atoms with E-state index in [2.05, 4.69) is 0 Å². The van der Waals surface area contributed by atoms with Gasteiger partial charge in [0.15, 0.2) is 5.78 Å². The minimum atomic E-state index is -1.64. The molecule has 6 N–H and O–H groups in total. The number of hydrogen-bond acceptors (Lipinski definition) is 10. The number of aliphatic hydroxyl groups excluding tert-OH is 4. The van der Waals surface area contributed by atoms with Crippen LogP contribution in [-0.4, -0.2) is 73.7 Å². The first-order valence-corrected chi connectivity index (χ1v) is 9.61. The zero-order valence-corrected chi connectivity index (χ0v) is 16.2. The number of benzene rings is 2. The second kappa shape index (κ2) is 8.33. The first-order valence-electron chi connectivity index (χ1n) is 9.61. The van der Waals surface area contributed by atoms with Crippen molar-refractivity contribution in [1.29, 1.82) is 0 Å². The van der Waals surface area contributed by atoms with Gasteiger partial charge in [-0.15, -0.1) is 0 Å². The number of rotatable bonds is 4. The molecule has 2 unspecified atom stereocenters. The summed E-state index contributed by atoms with van der Waals surface area (Å²) in [5, 5.41) is 59.0. The summed E-state index contributed by atoms with van der Waals surface area (Å²) in [6, 6.07) is 8.64. The number of aliphatic hydroxyl groups is 4. The zero-order chi connectivity index (χ0) is 22.3. The third-order valence-corrected chi connectivity index (χ3v) is 5.34.